The van der Waals surface area contributed by atoms with Gasteiger partial charge in [0, 0.05) is 0 Å². The van der Waals surface area contributed by atoms with E-state index in [-0.39, 0.29) is 0 Å². The summed E-state index contributed by atoms with van der Waals surface area (Å²) in [6.45, 7) is 5.66. The quantitative estimate of drug-likeness (QED) is 0.725. The zero-order valence-corrected chi connectivity index (χ0v) is 7.40. The van der Waals surface area contributed by atoms with E-state index in [2.05, 4.69) is 26.0 Å². The van der Waals surface area contributed by atoms with Gasteiger partial charge in [-0.2, -0.15) is 0 Å². The van der Waals surface area contributed by atoms with Gasteiger partial charge in [-0.25, -0.2) is 0 Å². The Morgan fingerprint density at radius 3 is 2.42 bits per heavy atom. The molecule has 2 unspecified atom stereocenters. The molecule has 0 bridgehead atoms. The zero-order valence-electron chi connectivity index (χ0n) is 7.40. The molecule has 1 aromatic rings. The van der Waals surface area contributed by atoms with E-state index in [1.165, 1.54) is 5.56 Å². The summed E-state index contributed by atoms with van der Waals surface area (Å²) in [7, 11) is 0. The highest BCUT2D eigenvalue weighted by Crippen LogP contribution is 2.19. The molecule has 1 radical (unpaired) electrons. The highest BCUT2D eigenvalue weighted by molar-refractivity contribution is 5.18. The summed E-state index contributed by atoms with van der Waals surface area (Å²) in [5.74, 6) is 0.388. The van der Waals surface area contributed by atoms with Crippen LogP contribution in [0.4, 0.5) is 0 Å². The third kappa shape index (κ3) is 2.67. The summed E-state index contributed by atoms with van der Waals surface area (Å²) in [5.41, 5.74) is 1.26. The maximum absolute atomic E-state index is 9.07. The van der Waals surface area contributed by atoms with Gasteiger partial charge in [0.15, 0.2) is 0 Å². The van der Waals surface area contributed by atoms with Crippen LogP contribution in [0.2, 0.25) is 0 Å². The summed E-state index contributed by atoms with van der Waals surface area (Å²) >= 11 is 0. The van der Waals surface area contributed by atoms with Gasteiger partial charge in [0.05, 0.1) is 6.10 Å². The van der Waals surface area contributed by atoms with Crippen molar-refractivity contribution in [1.82, 2.24) is 0 Å². The molecule has 0 spiro atoms. The molecule has 0 saturated heterocycles. The predicted octanol–water partition coefficient (Wildman–Crippen LogP) is 2.38. The first-order chi connectivity index (χ1) is 5.70. The van der Waals surface area contributed by atoms with Crippen LogP contribution in [0.5, 0.6) is 0 Å². The zero-order chi connectivity index (χ0) is 8.97. The maximum Gasteiger partial charge on any atom is 0.0547 e. The lowest BCUT2D eigenvalue weighted by molar-refractivity contribution is 0.202. The van der Waals surface area contributed by atoms with Gasteiger partial charge in [0.1, 0.15) is 0 Å². The molecule has 0 aliphatic heterocycles. The molecule has 1 nitrogen and oxygen atoms in total. The van der Waals surface area contributed by atoms with E-state index in [4.69, 9.17) is 5.11 Å². The molecule has 0 aliphatic rings. The van der Waals surface area contributed by atoms with Crippen molar-refractivity contribution >= 4 is 0 Å². The van der Waals surface area contributed by atoms with E-state index >= 15 is 0 Å². The smallest absolute Gasteiger partial charge is 0.0547 e. The number of hydrogen-bond donors (Lipinski definition) is 1. The van der Waals surface area contributed by atoms with Crippen LogP contribution >= 0.6 is 0 Å². The fourth-order valence-electron chi connectivity index (χ4n) is 1.33. The summed E-state index contributed by atoms with van der Waals surface area (Å²) in [4.78, 5) is 0. The van der Waals surface area contributed by atoms with E-state index in [0.717, 1.165) is 6.42 Å². The lowest BCUT2D eigenvalue weighted by Gasteiger charge is -2.12. The maximum atomic E-state index is 9.07. The molecule has 1 rings (SSSR count). The van der Waals surface area contributed by atoms with Crippen LogP contribution in [0.3, 0.4) is 0 Å². The minimum atomic E-state index is -0.458. The number of benzene rings is 1. The van der Waals surface area contributed by atoms with Crippen molar-refractivity contribution in [2.75, 3.05) is 0 Å². The van der Waals surface area contributed by atoms with Crippen molar-refractivity contribution in [2.45, 2.75) is 25.4 Å². The van der Waals surface area contributed by atoms with Crippen LogP contribution in [-0.4, -0.2) is 11.2 Å². The van der Waals surface area contributed by atoms with Crippen LogP contribution < -0.4 is 0 Å². The summed E-state index contributed by atoms with van der Waals surface area (Å²) in [6.07, 6.45) is 0.268. The van der Waals surface area contributed by atoms with Crippen molar-refractivity contribution in [3.63, 3.8) is 0 Å². The van der Waals surface area contributed by atoms with Gasteiger partial charge in [0.25, 0.3) is 0 Å². The fraction of sp³-hybridized carbons (Fsp3) is 0.364. The van der Waals surface area contributed by atoms with Crippen LogP contribution in [0, 0.1) is 6.92 Å². The number of aliphatic hydroxyl groups excluding tert-OH is 1. The van der Waals surface area contributed by atoms with Crippen LogP contribution in [-0.2, 0) is 0 Å². The second-order valence-electron chi connectivity index (χ2n) is 3.20. The molecule has 1 heteroatoms. The number of hydrogen-bond acceptors (Lipinski definition) is 1. The molecule has 0 amide bonds. The Morgan fingerprint density at radius 2 is 1.92 bits per heavy atom. The van der Waals surface area contributed by atoms with E-state index in [0.29, 0.717) is 5.92 Å². The van der Waals surface area contributed by atoms with Crippen molar-refractivity contribution in [3.8, 4) is 0 Å². The summed E-state index contributed by atoms with van der Waals surface area (Å²) in [6, 6.07) is 10.2. The highest BCUT2D eigenvalue weighted by Gasteiger charge is 2.07. The average Bonchev–Trinajstić information content (AvgIpc) is 2.05. The van der Waals surface area contributed by atoms with Crippen molar-refractivity contribution in [2.24, 2.45) is 0 Å². The molecule has 0 heterocycles. The highest BCUT2D eigenvalue weighted by atomic mass is 16.3. The molecule has 0 fully saturated rings. The fourth-order valence-corrected chi connectivity index (χ4v) is 1.33. The summed E-state index contributed by atoms with van der Waals surface area (Å²) in [5, 5.41) is 9.07. The molecule has 0 saturated carbocycles. The van der Waals surface area contributed by atoms with E-state index in [1.807, 2.05) is 18.2 Å². The number of aliphatic hydroxyl groups is 1. The first-order valence-corrected chi connectivity index (χ1v) is 4.26. The Morgan fingerprint density at radius 1 is 1.33 bits per heavy atom. The summed E-state index contributed by atoms with van der Waals surface area (Å²) < 4.78 is 0. The molecule has 0 aliphatic carbocycles. The Kier molecular flexibility index (Phi) is 3.30. The van der Waals surface area contributed by atoms with Gasteiger partial charge in [-0.05, 0) is 24.8 Å². The number of rotatable bonds is 3. The van der Waals surface area contributed by atoms with Gasteiger partial charge in [0.2, 0.25) is 0 Å². The standard InChI is InChI=1S/C11H15O/c1-9(8-10(2)12)11-6-4-3-5-7-11/h3-7,9-10,12H,2,8H2,1H3. The predicted molar refractivity (Wildman–Crippen MR) is 50.8 cm³/mol. The molecular weight excluding hydrogens is 148 g/mol. The minimum absolute atomic E-state index is 0.388. The molecule has 12 heavy (non-hydrogen) atoms. The SMILES string of the molecule is [CH2]C(O)CC(C)c1ccccc1. The topological polar surface area (TPSA) is 20.2 Å². The largest absolute Gasteiger partial charge is 0.393 e. The van der Waals surface area contributed by atoms with Gasteiger partial charge in [-0.15, -0.1) is 0 Å². The Labute approximate surface area is 74.1 Å². The Hall–Kier alpha value is -0.820. The first kappa shape index (κ1) is 9.27. The van der Waals surface area contributed by atoms with Gasteiger partial charge < -0.3 is 5.11 Å². The van der Waals surface area contributed by atoms with Crippen molar-refractivity contribution in [1.29, 1.82) is 0 Å². The third-order valence-electron chi connectivity index (χ3n) is 1.99. The first-order valence-electron chi connectivity index (χ1n) is 4.26. The Balaban J connectivity index is 2.59. The van der Waals surface area contributed by atoms with Crippen LogP contribution in [0.25, 0.3) is 0 Å². The van der Waals surface area contributed by atoms with Crippen molar-refractivity contribution in [3.05, 3.63) is 42.8 Å². The monoisotopic (exact) mass is 163 g/mol. The normalized spacial score (nSPS) is 15.6. The minimum Gasteiger partial charge on any atom is -0.393 e. The van der Waals surface area contributed by atoms with Crippen molar-refractivity contribution < 1.29 is 5.11 Å². The molecular formula is C11H15O. The molecule has 65 valence electrons. The van der Waals surface area contributed by atoms with Gasteiger partial charge in [-0.3, -0.25) is 0 Å². The van der Waals surface area contributed by atoms with E-state index in [1.54, 1.807) is 0 Å². The van der Waals surface area contributed by atoms with E-state index < -0.39 is 6.10 Å². The van der Waals surface area contributed by atoms with E-state index in [9.17, 15) is 0 Å². The third-order valence-corrected chi connectivity index (χ3v) is 1.99. The second kappa shape index (κ2) is 4.27. The Bertz CT molecular complexity index is 216. The molecule has 1 N–H and O–H groups in total. The van der Waals surface area contributed by atoms with Crippen LogP contribution in [0.15, 0.2) is 30.3 Å². The van der Waals surface area contributed by atoms with Crippen LogP contribution in [0.1, 0.15) is 24.8 Å². The lowest BCUT2D eigenvalue weighted by Crippen LogP contribution is -2.05. The molecule has 1 aromatic carbocycles. The molecule has 2 atom stereocenters. The second-order valence-corrected chi connectivity index (χ2v) is 3.20. The average molecular weight is 163 g/mol. The lowest BCUT2D eigenvalue weighted by atomic mass is 9.96. The molecule has 0 aromatic heterocycles. The van der Waals surface area contributed by atoms with Gasteiger partial charge in [-0.1, -0.05) is 37.3 Å². The van der Waals surface area contributed by atoms with Gasteiger partial charge >= 0.3 is 0 Å².